The molecule has 1 radical (unpaired) electrons. The number of benzene rings is 1. The number of likely N-dealkylation sites (N-methyl/N-ethyl adjacent to an activating group) is 1. The molecule has 0 saturated heterocycles. The van der Waals surface area contributed by atoms with Crippen LogP contribution in [0.1, 0.15) is 35.1 Å². The summed E-state index contributed by atoms with van der Waals surface area (Å²) in [6.45, 7) is 1.20. The molecular weight excluding hydrogens is 415 g/mol. The number of fused-ring (bicyclic) bond motifs is 2. The van der Waals surface area contributed by atoms with Gasteiger partial charge in [-0.3, -0.25) is 0 Å². The molecule has 0 unspecified atom stereocenters. The monoisotopic (exact) mass is 441 g/mol. The Hall–Kier alpha value is -1.46. The second kappa shape index (κ2) is 9.35. The first-order valence-corrected chi connectivity index (χ1v) is 11.4. The first-order valence-electron chi connectivity index (χ1n) is 9.88. The standard InChI is InChI=1S/C19H26N6O3S.Na/c1-24(2)9-10-25-12-17(21-23-25)29(27,28)22-19(26)20-18-15-7-3-5-13(15)11-14-6-4-8-16(14)18;/h11-12H,3-10H2,1-2H3,(H2,20,22,26);. The van der Waals surface area contributed by atoms with Crippen LogP contribution in [0.15, 0.2) is 17.3 Å². The fourth-order valence-electron chi connectivity index (χ4n) is 4.10. The number of anilines is 1. The Morgan fingerprint density at radius 1 is 1.13 bits per heavy atom. The average Bonchev–Trinajstić information content (AvgIpc) is 3.39. The number of hydrogen-bond donors (Lipinski definition) is 2. The Kier molecular flexibility index (Phi) is 7.24. The predicted octanol–water partition coefficient (Wildman–Crippen LogP) is 0.947. The Bertz CT molecular complexity index is 1020. The normalized spacial score (nSPS) is 14.9. The Morgan fingerprint density at radius 3 is 2.37 bits per heavy atom. The minimum atomic E-state index is -4.10. The number of nitrogens with zero attached hydrogens (tertiary/aromatic N) is 4. The number of carbonyl (C=O) groups is 1. The van der Waals surface area contributed by atoms with Gasteiger partial charge in [0.05, 0.1) is 12.7 Å². The summed E-state index contributed by atoms with van der Waals surface area (Å²) in [5.41, 5.74) is 5.63. The van der Waals surface area contributed by atoms with Crippen LogP contribution in [-0.4, -0.2) is 84.5 Å². The fraction of sp³-hybridized carbons (Fsp3) is 0.526. The summed E-state index contributed by atoms with van der Waals surface area (Å²) in [6.07, 6.45) is 7.28. The quantitative estimate of drug-likeness (QED) is 0.646. The molecule has 0 atom stereocenters. The van der Waals surface area contributed by atoms with E-state index in [2.05, 4.69) is 26.4 Å². The largest absolute Gasteiger partial charge is 0.333 e. The maximum absolute atomic E-state index is 12.6. The fourth-order valence-corrected chi connectivity index (χ4v) is 4.90. The van der Waals surface area contributed by atoms with Crippen LogP contribution in [0.2, 0.25) is 0 Å². The van der Waals surface area contributed by atoms with E-state index in [0.717, 1.165) is 55.3 Å². The van der Waals surface area contributed by atoms with Crippen LogP contribution in [0.5, 0.6) is 0 Å². The van der Waals surface area contributed by atoms with E-state index in [0.29, 0.717) is 13.1 Å². The number of aryl methyl sites for hydroxylation is 2. The minimum absolute atomic E-state index is 0. The van der Waals surface area contributed by atoms with Gasteiger partial charge in [0.25, 0.3) is 10.0 Å². The zero-order valence-corrected chi connectivity index (χ0v) is 20.5. The molecule has 2 aromatic rings. The third-order valence-corrected chi connectivity index (χ3v) is 6.70. The predicted molar refractivity (Wildman–Crippen MR) is 114 cm³/mol. The third-order valence-electron chi connectivity index (χ3n) is 5.51. The van der Waals surface area contributed by atoms with Gasteiger partial charge in [-0.1, -0.05) is 11.3 Å². The van der Waals surface area contributed by atoms with Crippen molar-refractivity contribution in [3.05, 3.63) is 34.5 Å². The molecule has 0 saturated carbocycles. The van der Waals surface area contributed by atoms with E-state index >= 15 is 0 Å². The zero-order valence-electron chi connectivity index (χ0n) is 17.7. The number of hydrogen-bond acceptors (Lipinski definition) is 6. The van der Waals surface area contributed by atoms with Crippen molar-refractivity contribution in [2.45, 2.75) is 50.1 Å². The van der Waals surface area contributed by atoms with Gasteiger partial charge in [-0.15, -0.1) is 5.10 Å². The molecule has 30 heavy (non-hydrogen) atoms. The zero-order chi connectivity index (χ0) is 20.6. The topological polar surface area (TPSA) is 109 Å². The van der Waals surface area contributed by atoms with Crippen LogP contribution in [0, 0.1) is 0 Å². The van der Waals surface area contributed by atoms with Crippen LogP contribution in [-0.2, 0) is 42.3 Å². The summed E-state index contributed by atoms with van der Waals surface area (Å²) in [7, 11) is -0.267. The molecule has 4 rings (SSSR count). The summed E-state index contributed by atoms with van der Waals surface area (Å²) >= 11 is 0. The van der Waals surface area contributed by atoms with Crippen molar-refractivity contribution in [1.82, 2.24) is 24.6 Å². The Labute approximate surface area is 198 Å². The minimum Gasteiger partial charge on any atom is -0.308 e. The first-order chi connectivity index (χ1) is 13.8. The maximum atomic E-state index is 12.6. The van der Waals surface area contributed by atoms with Crippen molar-refractivity contribution in [3.8, 4) is 0 Å². The first kappa shape index (κ1) is 23.2. The van der Waals surface area contributed by atoms with E-state index < -0.39 is 16.1 Å². The molecule has 1 heterocycles. The Morgan fingerprint density at radius 2 is 1.77 bits per heavy atom. The number of nitrogens with one attached hydrogen (secondary N) is 2. The van der Waals surface area contributed by atoms with E-state index in [4.69, 9.17) is 0 Å². The van der Waals surface area contributed by atoms with E-state index in [9.17, 15) is 13.2 Å². The summed E-state index contributed by atoms with van der Waals surface area (Å²) in [5, 5.41) is 10.1. The molecule has 9 nitrogen and oxygen atoms in total. The van der Waals surface area contributed by atoms with Crippen molar-refractivity contribution < 1.29 is 13.2 Å². The van der Waals surface area contributed by atoms with Gasteiger partial charge in [0.2, 0.25) is 5.03 Å². The molecule has 11 heteroatoms. The van der Waals surface area contributed by atoms with Crippen LogP contribution in [0.4, 0.5) is 10.5 Å². The van der Waals surface area contributed by atoms with Crippen molar-refractivity contribution >= 4 is 51.3 Å². The van der Waals surface area contributed by atoms with Crippen LogP contribution < -0.4 is 10.0 Å². The van der Waals surface area contributed by atoms with E-state index in [1.807, 2.05) is 19.0 Å². The van der Waals surface area contributed by atoms with Gasteiger partial charge in [0, 0.05) is 41.8 Å². The third kappa shape index (κ3) is 4.88. The second-order valence-electron chi connectivity index (χ2n) is 7.92. The van der Waals surface area contributed by atoms with E-state index in [1.54, 1.807) is 0 Å². The number of carbonyl (C=O) groups excluding carboxylic acids is 1. The van der Waals surface area contributed by atoms with Gasteiger partial charge in [0.15, 0.2) is 0 Å². The number of rotatable bonds is 6. The summed E-state index contributed by atoms with van der Waals surface area (Å²) in [6, 6.07) is 1.50. The molecule has 0 aliphatic heterocycles. The van der Waals surface area contributed by atoms with E-state index in [1.165, 1.54) is 22.0 Å². The molecule has 2 aliphatic carbocycles. The molecular formula is C19H26N6NaO3S. The molecule has 0 fully saturated rings. The maximum Gasteiger partial charge on any atom is 0.333 e. The van der Waals surface area contributed by atoms with Gasteiger partial charge in [0.1, 0.15) is 0 Å². The van der Waals surface area contributed by atoms with Gasteiger partial charge in [-0.05, 0) is 74.9 Å². The molecule has 157 valence electrons. The summed E-state index contributed by atoms with van der Waals surface area (Å²) < 4.78 is 28.6. The van der Waals surface area contributed by atoms with Crippen LogP contribution in [0.3, 0.4) is 0 Å². The van der Waals surface area contributed by atoms with Crippen LogP contribution in [0.25, 0.3) is 0 Å². The molecule has 1 aromatic heterocycles. The van der Waals surface area contributed by atoms with Crippen LogP contribution >= 0.6 is 0 Å². The second-order valence-corrected chi connectivity index (χ2v) is 9.55. The van der Waals surface area contributed by atoms with Crippen molar-refractivity contribution in [3.63, 3.8) is 0 Å². The van der Waals surface area contributed by atoms with Crippen molar-refractivity contribution in [2.24, 2.45) is 0 Å². The molecule has 0 spiro atoms. The van der Waals surface area contributed by atoms with Crippen molar-refractivity contribution in [1.29, 1.82) is 0 Å². The molecule has 0 bridgehead atoms. The molecule has 2 aliphatic rings. The molecule has 1 aromatic carbocycles. The number of urea groups is 1. The van der Waals surface area contributed by atoms with Gasteiger partial charge < -0.3 is 10.2 Å². The van der Waals surface area contributed by atoms with Gasteiger partial charge in [-0.25, -0.2) is 14.2 Å². The van der Waals surface area contributed by atoms with E-state index in [-0.39, 0.29) is 34.6 Å². The SMILES string of the molecule is CN(C)CCn1cc(S(=O)(=O)NC(=O)Nc2c3c(cc4c2CCC4)CCC3)nn1.[Na]. The van der Waals surface area contributed by atoms with Gasteiger partial charge in [-0.2, -0.15) is 8.42 Å². The molecule has 2 N–H and O–H groups in total. The summed E-state index contributed by atoms with van der Waals surface area (Å²) in [4.78, 5) is 14.5. The number of sulfonamides is 1. The number of aromatic nitrogens is 3. The van der Waals surface area contributed by atoms with Crippen molar-refractivity contribution in [2.75, 3.05) is 26.0 Å². The molecule has 2 amide bonds. The Balaban J connectivity index is 0.00000256. The van der Waals surface area contributed by atoms with Gasteiger partial charge >= 0.3 is 6.03 Å². The average molecular weight is 442 g/mol. The number of amides is 2. The summed E-state index contributed by atoms with van der Waals surface area (Å²) in [5.74, 6) is 0. The smallest absolute Gasteiger partial charge is 0.308 e.